The first-order chi connectivity index (χ1) is 7.74. The third kappa shape index (κ3) is 1.62. The molecule has 0 spiro atoms. The minimum Gasteiger partial charge on any atom is -0.440 e. The second kappa shape index (κ2) is 3.79. The third-order valence-corrected chi connectivity index (χ3v) is 3.65. The number of carbonyl (C=O) groups excluding carboxylic acids is 1. The average Bonchev–Trinajstić information content (AvgIpc) is 2.66. The van der Waals surface area contributed by atoms with Crippen LogP contribution in [0.2, 0.25) is 5.22 Å². The predicted octanol–water partition coefficient (Wildman–Crippen LogP) is 1.37. The van der Waals surface area contributed by atoms with Gasteiger partial charge in [-0.2, -0.15) is 0 Å². The van der Waals surface area contributed by atoms with E-state index in [1.165, 1.54) is 0 Å². The van der Waals surface area contributed by atoms with E-state index in [1.54, 1.807) is 12.1 Å². The van der Waals surface area contributed by atoms with Crippen molar-refractivity contribution in [2.75, 3.05) is 19.6 Å². The molecule has 1 aromatic rings. The van der Waals surface area contributed by atoms with Crippen LogP contribution in [0, 0.1) is 5.92 Å². The molecule has 4 nitrogen and oxygen atoms in total. The number of furan rings is 1. The number of hydrogen-bond donors (Lipinski definition) is 1. The lowest BCUT2D eigenvalue weighted by Crippen LogP contribution is -2.62. The molecule has 3 rings (SSSR count). The zero-order chi connectivity index (χ0) is 11.1. The minimum atomic E-state index is -0.0442. The molecule has 0 aromatic carbocycles. The van der Waals surface area contributed by atoms with Gasteiger partial charge >= 0.3 is 0 Å². The van der Waals surface area contributed by atoms with Crippen molar-refractivity contribution < 1.29 is 9.21 Å². The Labute approximate surface area is 98.5 Å². The summed E-state index contributed by atoms with van der Waals surface area (Å²) in [5.74, 6) is 0.913. The smallest absolute Gasteiger partial charge is 0.289 e. The lowest BCUT2D eigenvalue weighted by molar-refractivity contribution is 0.0481. The van der Waals surface area contributed by atoms with Gasteiger partial charge in [-0.3, -0.25) is 4.79 Å². The van der Waals surface area contributed by atoms with Crippen LogP contribution in [0.4, 0.5) is 0 Å². The summed E-state index contributed by atoms with van der Waals surface area (Å²) >= 11 is 5.66. The van der Waals surface area contributed by atoms with Crippen molar-refractivity contribution >= 4 is 17.5 Å². The van der Waals surface area contributed by atoms with Crippen LogP contribution < -0.4 is 5.32 Å². The number of halogens is 1. The van der Waals surface area contributed by atoms with E-state index in [1.807, 2.05) is 4.90 Å². The van der Waals surface area contributed by atoms with Gasteiger partial charge in [-0.05, 0) is 30.2 Å². The average molecular weight is 241 g/mol. The monoisotopic (exact) mass is 240 g/mol. The molecule has 16 heavy (non-hydrogen) atoms. The second-order valence-corrected chi connectivity index (χ2v) is 4.79. The highest BCUT2D eigenvalue weighted by atomic mass is 35.5. The highest BCUT2D eigenvalue weighted by Crippen LogP contribution is 2.25. The Morgan fingerprint density at radius 3 is 3.00 bits per heavy atom. The fourth-order valence-electron chi connectivity index (χ4n) is 2.42. The highest BCUT2D eigenvalue weighted by molar-refractivity contribution is 6.29. The molecule has 0 aliphatic carbocycles. The maximum atomic E-state index is 12.0. The van der Waals surface area contributed by atoms with Crippen molar-refractivity contribution in [1.82, 2.24) is 10.2 Å². The second-order valence-electron chi connectivity index (χ2n) is 4.42. The van der Waals surface area contributed by atoms with Gasteiger partial charge < -0.3 is 14.6 Å². The molecule has 5 heteroatoms. The molecule has 2 aliphatic heterocycles. The minimum absolute atomic E-state index is 0.0442. The van der Waals surface area contributed by atoms with Gasteiger partial charge in [0.2, 0.25) is 0 Å². The summed E-state index contributed by atoms with van der Waals surface area (Å²) in [5, 5.41) is 3.64. The van der Waals surface area contributed by atoms with Gasteiger partial charge in [-0.15, -0.1) is 0 Å². The van der Waals surface area contributed by atoms with Crippen LogP contribution in [0.3, 0.4) is 0 Å². The van der Waals surface area contributed by atoms with Crippen LogP contribution >= 0.6 is 11.6 Å². The van der Waals surface area contributed by atoms with Gasteiger partial charge in [0.05, 0.1) is 0 Å². The van der Waals surface area contributed by atoms with Crippen LogP contribution in [0.25, 0.3) is 0 Å². The molecular weight excluding hydrogens is 228 g/mol. The molecule has 86 valence electrons. The fourth-order valence-corrected chi connectivity index (χ4v) is 2.57. The van der Waals surface area contributed by atoms with Gasteiger partial charge in [0.15, 0.2) is 11.0 Å². The third-order valence-electron chi connectivity index (χ3n) is 3.45. The number of amides is 1. The largest absolute Gasteiger partial charge is 0.440 e. The van der Waals surface area contributed by atoms with E-state index in [-0.39, 0.29) is 11.1 Å². The van der Waals surface area contributed by atoms with Crippen LogP contribution in [-0.2, 0) is 0 Å². The standard InChI is InChI=1S/C11H13ClN2O2/c12-10-2-1-9(16-10)11(15)14-4-3-8-7(6-14)5-13-8/h1-2,7-8,13H,3-6H2. The molecule has 2 atom stereocenters. The summed E-state index contributed by atoms with van der Waals surface area (Å²) in [6, 6.07) is 3.85. The van der Waals surface area contributed by atoms with E-state index < -0.39 is 0 Å². The normalized spacial score (nSPS) is 28.4. The number of hydrogen-bond acceptors (Lipinski definition) is 3. The van der Waals surface area contributed by atoms with Gasteiger partial charge in [-0.25, -0.2) is 0 Å². The van der Waals surface area contributed by atoms with E-state index in [0.717, 1.165) is 26.1 Å². The molecular formula is C11H13ClN2O2. The molecule has 2 aliphatic rings. The Kier molecular flexibility index (Phi) is 2.41. The Morgan fingerprint density at radius 2 is 2.44 bits per heavy atom. The number of rotatable bonds is 1. The van der Waals surface area contributed by atoms with E-state index >= 15 is 0 Å². The number of likely N-dealkylation sites (tertiary alicyclic amines) is 1. The van der Waals surface area contributed by atoms with Gasteiger partial charge in [0.25, 0.3) is 5.91 Å². The highest BCUT2D eigenvalue weighted by Gasteiger charge is 2.37. The van der Waals surface area contributed by atoms with Gasteiger partial charge in [0.1, 0.15) is 0 Å². The number of carbonyl (C=O) groups is 1. The van der Waals surface area contributed by atoms with Crippen LogP contribution in [0.5, 0.6) is 0 Å². The van der Waals surface area contributed by atoms with E-state index in [4.69, 9.17) is 16.0 Å². The Hall–Kier alpha value is -1.00. The molecule has 2 unspecified atom stereocenters. The SMILES string of the molecule is O=C(c1ccc(Cl)o1)N1CCC2NCC2C1. The zero-order valence-corrected chi connectivity index (χ0v) is 9.54. The topological polar surface area (TPSA) is 45.5 Å². The molecule has 2 saturated heterocycles. The summed E-state index contributed by atoms with van der Waals surface area (Å²) in [6.45, 7) is 2.65. The maximum Gasteiger partial charge on any atom is 0.289 e. The first-order valence-electron chi connectivity index (χ1n) is 5.52. The summed E-state index contributed by atoms with van der Waals surface area (Å²) in [7, 11) is 0. The first kappa shape index (κ1) is 10.2. The van der Waals surface area contributed by atoms with Crippen molar-refractivity contribution in [3.8, 4) is 0 Å². The quantitative estimate of drug-likeness (QED) is 0.807. The Morgan fingerprint density at radius 1 is 1.56 bits per heavy atom. The van der Waals surface area contributed by atoms with Crippen molar-refractivity contribution in [3.05, 3.63) is 23.1 Å². The fraction of sp³-hybridized carbons (Fsp3) is 0.545. The van der Waals surface area contributed by atoms with E-state index in [0.29, 0.717) is 17.7 Å². The first-order valence-corrected chi connectivity index (χ1v) is 5.90. The van der Waals surface area contributed by atoms with Crippen LogP contribution in [0.1, 0.15) is 17.0 Å². The molecule has 1 aromatic heterocycles. The molecule has 3 heterocycles. The van der Waals surface area contributed by atoms with Gasteiger partial charge in [0, 0.05) is 31.6 Å². The molecule has 0 saturated carbocycles. The number of fused-ring (bicyclic) bond motifs is 1. The maximum absolute atomic E-state index is 12.0. The summed E-state index contributed by atoms with van der Waals surface area (Å²) < 4.78 is 5.14. The molecule has 0 bridgehead atoms. The van der Waals surface area contributed by atoms with Crippen molar-refractivity contribution in [2.24, 2.45) is 5.92 Å². The molecule has 2 fully saturated rings. The lowest BCUT2D eigenvalue weighted by atomic mass is 9.85. The van der Waals surface area contributed by atoms with Crippen molar-refractivity contribution in [1.29, 1.82) is 0 Å². The molecule has 1 N–H and O–H groups in total. The molecule has 0 radical (unpaired) electrons. The number of nitrogens with one attached hydrogen (secondary N) is 1. The van der Waals surface area contributed by atoms with Crippen molar-refractivity contribution in [2.45, 2.75) is 12.5 Å². The van der Waals surface area contributed by atoms with Gasteiger partial charge in [-0.1, -0.05) is 0 Å². The van der Waals surface area contributed by atoms with E-state index in [2.05, 4.69) is 5.32 Å². The van der Waals surface area contributed by atoms with Crippen LogP contribution in [0.15, 0.2) is 16.5 Å². The zero-order valence-electron chi connectivity index (χ0n) is 8.78. The summed E-state index contributed by atoms with van der Waals surface area (Å²) in [4.78, 5) is 13.9. The van der Waals surface area contributed by atoms with Crippen LogP contribution in [-0.4, -0.2) is 36.5 Å². The molecule has 1 amide bonds. The number of nitrogens with zero attached hydrogens (tertiary/aromatic N) is 1. The predicted molar refractivity (Wildman–Crippen MR) is 59.5 cm³/mol. The summed E-state index contributed by atoms with van der Waals surface area (Å²) in [6.07, 6.45) is 1.03. The van der Waals surface area contributed by atoms with E-state index in [9.17, 15) is 4.79 Å². The Balaban J connectivity index is 1.71. The summed E-state index contributed by atoms with van der Waals surface area (Å²) in [5.41, 5.74) is 0. The lowest BCUT2D eigenvalue weighted by Gasteiger charge is -2.45. The van der Waals surface area contributed by atoms with Crippen molar-refractivity contribution in [3.63, 3.8) is 0 Å². The Bertz CT molecular complexity index is 418. The number of piperidine rings is 1.